The molecule has 3 aromatic carbocycles. The third-order valence-electron chi connectivity index (χ3n) is 5.75. The second kappa shape index (κ2) is 8.90. The predicted octanol–water partition coefficient (Wildman–Crippen LogP) is 4.64. The first-order valence-corrected chi connectivity index (χ1v) is 12.2. The van der Waals surface area contributed by atoms with Crippen molar-refractivity contribution in [1.29, 1.82) is 0 Å². The summed E-state index contributed by atoms with van der Waals surface area (Å²) in [4.78, 5) is 11.7. The highest BCUT2D eigenvalue weighted by Gasteiger charge is 2.31. The largest absolute Gasteiger partial charge is 0.269 e. The van der Waals surface area contributed by atoms with Gasteiger partial charge in [0.25, 0.3) is 5.91 Å². The van der Waals surface area contributed by atoms with E-state index in [9.17, 15) is 13.2 Å². The third-order valence-corrected chi connectivity index (χ3v) is 6.33. The number of fused-ring (bicyclic) bond motifs is 1. The van der Waals surface area contributed by atoms with Gasteiger partial charge in [-0.2, -0.15) is 0 Å². The van der Waals surface area contributed by atoms with Crippen molar-refractivity contribution in [3.63, 3.8) is 0 Å². The van der Waals surface area contributed by atoms with Crippen LogP contribution in [0.5, 0.6) is 0 Å². The summed E-state index contributed by atoms with van der Waals surface area (Å²) in [5.41, 5.74) is 6.20. The molecule has 2 atom stereocenters. The van der Waals surface area contributed by atoms with E-state index in [-0.39, 0.29) is 5.92 Å². The van der Waals surface area contributed by atoms with Crippen LogP contribution in [0.4, 0.5) is 0 Å². The van der Waals surface area contributed by atoms with Crippen molar-refractivity contribution in [3.05, 3.63) is 113 Å². The lowest BCUT2D eigenvalue weighted by Crippen LogP contribution is -2.27. The number of hydrogen-bond acceptors (Lipinski definition) is 3. The molecule has 158 valence electrons. The quantitative estimate of drug-likeness (QED) is 0.599. The Balaban J connectivity index is 1.63. The Kier molecular flexibility index (Phi) is 6.05. The van der Waals surface area contributed by atoms with Gasteiger partial charge in [0, 0.05) is 12.0 Å². The van der Waals surface area contributed by atoms with Crippen molar-refractivity contribution in [2.45, 2.75) is 24.7 Å². The number of rotatable bonds is 5. The molecule has 31 heavy (non-hydrogen) atoms. The van der Waals surface area contributed by atoms with Gasteiger partial charge in [0.05, 0.1) is 6.26 Å². The Morgan fingerprint density at radius 2 is 1.58 bits per heavy atom. The molecule has 0 bridgehead atoms. The molecule has 4 rings (SSSR count). The van der Waals surface area contributed by atoms with Gasteiger partial charge in [-0.25, -0.2) is 13.1 Å². The Morgan fingerprint density at radius 3 is 2.29 bits per heavy atom. The highest BCUT2D eigenvalue weighted by atomic mass is 32.2. The third kappa shape index (κ3) is 5.12. The van der Waals surface area contributed by atoms with Crippen molar-refractivity contribution in [1.82, 2.24) is 4.72 Å². The van der Waals surface area contributed by atoms with E-state index < -0.39 is 15.9 Å². The normalized spacial score (nSPS) is 18.5. The van der Waals surface area contributed by atoms with Gasteiger partial charge in [-0.1, -0.05) is 78.9 Å². The molecule has 1 aliphatic rings. The maximum absolute atomic E-state index is 11.7. The number of sulfonamides is 1. The Morgan fingerprint density at radius 1 is 0.903 bits per heavy atom. The van der Waals surface area contributed by atoms with Gasteiger partial charge in [-0.3, -0.25) is 4.79 Å². The Bertz CT molecular complexity index is 1200. The predicted molar refractivity (Wildman–Crippen MR) is 124 cm³/mol. The van der Waals surface area contributed by atoms with E-state index >= 15 is 0 Å². The number of carbonyl (C=O) groups excluding carboxylic acids is 1. The summed E-state index contributed by atoms with van der Waals surface area (Å²) in [5, 5.41) is 0. The average Bonchev–Trinajstić information content (AvgIpc) is 2.77. The SMILES string of the molecule is CS(=O)(=O)NC(=O)/C=C/c1ccc(C2c3ccccc3CCC2c2ccccc2)cc1. The van der Waals surface area contributed by atoms with Crippen LogP contribution < -0.4 is 4.72 Å². The van der Waals surface area contributed by atoms with Gasteiger partial charge in [0.2, 0.25) is 10.0 Å². The molecular weight excluding hydrogens is 406 g/mol. The summed E-state index contributed by atoms with van der Waals surface area (Å²) in [6.07, 6.45) is 5.98. The standard InChI is InChI=1S/C26H25NO3S/c1-31(29,30)27-25(28)18-13-19-11-14-22(15-12-19)26-23-10-6-5-9-21(23)16-17-24(26)20-7-3-2-4-8-20/h2-15,18,24,26H,16-17H2,1H3,(H,27,28)/b18-13+. The van der Waals surface area contributed by atoms with Crippen LogP contribution in [0, 0.1) is 0 Å². The zero-order valence-corrected chi connectivity index (χ0v) is 18.2. The summed E-state index contributed by atoms with van der Waals surface area (Å²) in [6.45, 7) is 0. The smallest absolute Gasteiger partial charge is 0.257 e. The van der Waals surface area contributed by atoms with Crippen LogP contribution in [0.15, 0.2) is 84.9 Å². The highest BCUT2D eigenvalue weighted by Crippen LogP contribution is 2.46. The molecule has 0 radical (unpaired) electrons. The molecule has 0 aromatic heterocycles. The van der Waals surface area contributed by atoms with Crippen LogP contribution in [0.1, 0.15) is 46.1 Å². The van der Waals surface area contributed by atoms with Crippen LogP contribution >= 0.6 is 0 Å². The van der Waals surface area contributed by atoms with E-state index in [4.69, 9.17) is 0 Å². The number of aryl methyl sites for hydroxylation is 1. The van der Waals surface area contributed by atoms with Gasteiger partial charge in [-0.15, -0.1) is 0 Å². The molecule has 0 heterocycles. The molecule has 0 saturated heterocycles. The van der Waals surface area contributed by atoms with Crippen LogP contribution in [0.25, 0.3) is 6.08 Å². The molecule has 1 amide bonds. The maximum Gasteiger partial charge on any atom is 0.257 e. The molecule has 0 spiro atoms. The molecule has 2 unspecified atom stereocenters. The van der Waals surface area contributed by atoms with Crippen molar-refractivity contribution in [2.75, 3.05) is 6.26 Å². The van der Waals surface area contributed by atoms with E-state index in [1.807, 2.05) is 16.9 Å². The summed E-state index contributed by atoms with van der Waals surface area (Å²) < 4.78 is 24.2. The van der Waals surface area contributed by atoms with Crippen LogP contribution in [-0.2, 0) is 21.2 Å². The topological polar surface area (TPSA) is 63.2 Å². The lowest BCUT2D eigenvalue weighted by molar-refractivity contribution is -0.114. The fourth-order valence-electron chi connectivity index (χ4n) is 4.43. The maximum atomic E-state index is 11.7. The molecule has 1 aliphatic carbocycles. The summed E-state index contributed by atoms with van der Waals surface area (Å²) in [7, 11) is -3.56. The summed E-state index contributed by atoms with van der Waals surface area (Å²) in [5.74, 6) is 0.00821. The van der Waals surface area contributed by atoms with E-state index in [0.717, 1.165) is 24.7 Å². The molecular formula is C26H25NO3S. The molecule has 0 aliphatic heterocycles. The van der Waals surface area contributed by atoms with E-state index in [1.54, 1.807) is 6.08 Å². The fourth-order valence-corrected chi connectivity index (χ4v) is 4.87. The van der Waals surface area contributed by atoms with Gasteiger partial charge in [0.1, 0.15) is 0 Å². The number of nitrogens with one attached hydrogen (secondary N) is 1. The number of carbonyl (C=O) groups is 1. The fraction of sp³-hybridized carbons (Fsp3) is 0.192. The molecule has 0 fully saturated rings. The first kappa shape index (κ1) is 21.1. The monoisotopic (exact) mass is 431 g/mol. The lowest BCUT2D eigenvalue weighted by atomic mass is 9.69. The van der Waals surface area contributed by atoms with Crippen molar-refractivity contribution in [3.8, 4) is 0 Å². The lowest BCUT2D eigenvalue weighted by Gasteiger charge is -2.34. The van der Waals surface area contributed by atoms with E-state index in [2.05, 4.69) is 66.7 Å². The summed E-state index contributed by atoms with van der Waals surface area (Å²) >= 11 is 0. The molecule has 3 aromatic rings. The molecule has 0 saturated carbocycles. The number of hydrogen-bond donors (Lipinski definition) is 1. The zero-order chi connectivity index (χ0) is 21.8. The van der Waals surface area contributed by atoms with Crippen LogP contribution in [-0.4, -0.2) is 20.6 Å². The highest BCUT2D eigenvalue weighted by molar-refractivity contribution is 7.89. The minimum Gasteiger partial charge on any atom is -0.269 e. The Labute approximate surface area is 183 Å². The van der Waals surface area contributed by atoms with Crippen LogP contribution in [0.3, 0.4) is 0 Å². The van der Waals surface area contributed by atoms with E-state index in [0.29, 0.717) is 5.92 Å². The zero-order valence-electron chi connectivity index (χ0n) is 17.4. The summed E-state index contributed by atoms with van der Waals surface area (Å²) in [6, 6.07) is 27.5. The molecule has 4 nitrogen and oxygen atoms in total. The second-order valence-corrected chi connectivity index (χ2v) is 9.72. The van der Waals surface area contributed by atoms with Gasteiger partial charge in [0.15, 0.2) is 0 Å². The van der Waals surface area contributed by atoms with Crippen molar-refractivity contribution >= 4 is 22.0 Å². The minimum atomic E-state index is -3.56. The van der Waals surface area contributed by atoms with Gasteiger partial charge >= 0.3 is 0 Å². The van der Waals surface area contributed by atoms with Crippen LogP contribution in [0.2, 0.25) is 0 Å². The average molecular weight is 432 g/mol. The van der Waals surface area contributed by atoms with E-state index in [1.165, 1.54) is 28.3 Å². The molecule has 5 heteroatoms. The minimum absolute atomic E-state index is 0.263. The second-order valence-electron chi connectivity index (χ2n) is 7.97. The number of benzene rings is 3. The first-order valence-electron chi connectivity index (χ1n) is 10.3. The van der Waals surface area contributed by atoms with Crippen molar-refractivity contribution < 1.29 is 13.2 Å². The number of amides is 1. The Hall–Kier alpha value is -3.18. The van der Waals surface area contributed by atoms with Gasteiger partial charge in [-0.05, 0) is 52.7 Å². The molecule has 1 N–H and O–H groups in total. The van der Waals surface area contributed by atoms with Crippen molar-refractivity contribution in [2.24, 2.45) is 0 Å². The first-order chi connectivity index (χ1) is 14.9. The van der Waals surface area contributed by atoms with Gasteiger partial charge < -0.3 is 0 Å².